The van der Waals surface area contributed by atoms with Crippen LogP contribution in [0, 0.1) is 0 Å². The Kier molecular flexibility index (Phi) is 7.02. The van der Waals surface area contributed by atoms with E-state index in [1.165, 1.54) is 4.31 Å². The Bertz CT molecular complexity index is 844. The van der Waals surface area contributed by atoms with Crippen LogP contribution in [0.25, 0.3) is 0 Å². The molecular weight excluding hydrogens is 388 g/mol. The van der Waals surface area contributed by atoms with Crippen LogP contribution in [0.1, 0.15) is 50.4 Å². The Hall–Kier alpha value is -1.48. The van der Waals surface area contributed by atoms with Crippen molar-refractivity contribution in [2.75, 3.05) is 13.1 Å². The molecule has 1 aromatic heterocycles. The van der Waals surface area contributed by atoms with Gasteiger partial charge in [0.25, 0.3) is 0 Å². The molecule has 0 atom stereocenters. The first-order chi connectivity index (χ1) is 12.4. The maximum Gasteiger partial charge on any atom is 0.243 e. The molecule has 1 heterocycles. The number of nitrogens with two attached hydrogens (primary N) is 1. The molecule has 0 amide bonds. The van der Waals surface area contributed by atoms with Gasteiger partial charge in [-0.2, -0.15) is 9.29 Å². The summed E-state index contributed by atoms with van der Waals surface area (Å²) in [5.41, 5.74) is 6.81. The maximum atomic E-state index is 12.5. The third kappa shape index (κ3) is 4.51. The average Bonchev–Trinajstić information content (AvgIpc) is 3.08. The van der Waals surface area contributed by atoms with Gasteiger partial charge in [0, 0.05) is 19.5 Å². The second-order valence-corrected chi connectivity index (χ2v) is 8.69. The van der Waals surface area contributed by atoms with E-state index in [0.29, 0.717) is 42.5 Å². The highest BCUT2D eigenvalue weighted by Crippen LogP contribution is 2.36. The minimum atomic E-state index is -3.42. The maximum absolute atomic E-state index is 12.5. The van der Waals surface area contributed by atoms with Crippen LogP contribution in [-0.4, -0.2) is 36.0 Å². The van der Waals surface area contributed by atoms with Gasteiger partial charge >= 0.3 is 0 Å². The number of nitrogens with zero attached hydrogens (tertiary/aromatic N) is 3. The van der Waals surface area contributed by atoms with Crippen LogP contribution in [-0.2, 0) is 28.4 Å². The van der Waals surface area contributed by atoms with Gasteiger partial charge in [-0.15, -0.1) is 12.4 Å². The van der Waals surface area contributed by atoms with Crippen molar-refractivity contribution in [1.29, 1.82) is 0 Å². The summed E-state index contributed by atoms with van der Waals surface area (Å²) < 4.78 is 31.7. The molecule has 1 fully saturated rings. The number of sulfonamides is 1. The van der Waals surface area contributed by atoms with Gasteiger partial charge in [-0.25, -0.2) is 8.42 Å². The van der Waals surface area contributed by atoms with Gasteiger partial charge < -0.3 is 10.3 Å². The van der Waals surface area contributed by atoms with Gasteiger partial charge in [0.2, 0.25) is 15.9 Å². The predicted molar refractivity (Wildman–Crippen MR) is 105 cm³/mol. The number of hydrogen-bond donors (Lipinski definition) is 1. The van der Waals surface area contributed by atoms with Gasteiger partial charge in [0.05, 0.1) is 10.4 Å². The van der Waals surface area contributed by atoms with Crippen molar-refractivity contribution in [3.8, 4) is 0 Å². The van der Waals surface area contributed by atoms with Crippen LogP contribution in [0.15, 0.2) is 33.7 Å². The van der Waals surface area contributed by atoms with Crippen LogP contribution in [0.5, 0.6) is 0 Å². The summed E-state index contributed by atoms with van der Waals surface area (Å²) in [6.07, 6.45) is 4.20. The molecule has 1 aromatic carbocycles. The first-order valence-electron chi connectivity index (χ1n) is 9.10. The second kappa shape index (κ2) is 8.68. The van der Waals surface area contributed by atoms with E-state index in [1.54, 1.807) is 12.1 Å². The molecule has 1 aliphatic carbocycles. The van der Waals surface area contributed by atoms with E-state index in [9.17, 15) is 8.42 Å². The smallest absolute Gasteiger partial charge is 0.243 e. The third-order valence-corrected chi connectivity index (χ3v) is 7.12. The SMILES string of the molecule is CCN(CC)S(=O)(=O)c1ccc(CCc2nc(C3(N)CCC3)no2)cc1.Cl. The van der Waals surface area contributed by atoms with E-state index in [0.717, 1.165) is 24.8 Å². The lowest BCUT2D eigenvalue weighted by atomic mass is 9.77. The van der Waals surface area contributed by atoms with Gasteiger partial charge in [-0.3, -0.25) is 0 Å². The summed E-state index contributed by atoms with van der Waals surface area (Å²) in [5.74, 6) is 1.16. The number of rotatable bonds is 8. The van der Waals surface area contributed by atoms with Crippen molar-refractivity contribution in [2.24, 2.45) is 5.73 Å². The van der Waals surface area contributed by atoms with Gasteiger partial charge in [0.15, 0.2) is 5.82 Å². The summed E-state index contributed by atoms with van der Waals surface area (Å²) in [4.78, 5) is 4.74. The molecule has 1 saturated carbocycles. The van der Waals surface area contributed by atoms with Crippen LogP contribution in [0.3, 0.4) is 0 Å². The lowest BCUT2D eigenvalue weighted by Gasteiger charge is -2.34. The van der Waals surface area contributed by atoms with E-state index in [2.05, 4.69) is 10.1 Å². The molecule has 2 N–H and O–H groups in total. The van der Waals surface area contributed by atoms with E-state index in [4.69, 9.17) is 10.3 Å². The molecule has 0 saturated heterocycles. The number of hydrogen-bond acceptors (Lipinski definition) is 6. The van der Waals surface area contributed by atoms with E-state index in [1.807, 2.05) is 26.0 Å². The third-order valence-electron chi connectivity index (χ3n) is 5.05. The summed E-state index contributed by atoms with van der Waals surface area (Å²) in [6, 6.07) is 6.99. The van der Waals surface area contributed by atoms with E-state index >= 15 is 0 Å². The molecule has 150 valence electrons. The summed E-state index contributed by atoms with van der Waals surface area (Å²) >= 11 is 0. The molecule has 0 unspecified atom stereocenters. The highest BCUT2D eigenvalue weighted by Gasteiger charge is 2.38. The topological polar surface area (TPSA) is 102 Å². The van der Waals surface area contributed by atoms with Crippen LogP contribution in [0.4, 0.5) is 0 Å². The summed E-state index contributed by atoms with van der Waals surface area (Å²) in [6.45, 7) is 4.59. The molecule has 0 aliphatic heterocycles. The van der Waals surface area contributed by atoms with Crippen LogP contribution < -0.4 is 5.73 Å². The van der Waals surface area contributed by atoms with Crippen molar-refractivity contribution in [1.82, 2.24) is 14.4 Å². The molecule has 2 aromatic rings. The zero-order chi connectivity index (χ0) is 18.8. The fourth-order valence-corrected chi connectivity index (χ4v) is 4.59. The van der Waals surface area contributed by atoms with Gasteiger partial charge in [0.1, 0.15) is 0 Å². The zero-order valence-electron chi connectivity index (χ0n) is 15.7. The van der Waals surface area contributed by atoms with Crippen molar-refractivity contribution in [3.63, 3.8) is 0 Å². The van der Waals surface area contributed by atoms with E-state index < -0.39 is 15.6 Å². The molecule has 0 bridgehead atoms. The van der Waals surface area contributed by atoms with Gasteiger partial charge in [-0.1, -0.05) is 31.1 Å². The Labute approximate surface area is 166 Å². The fraction of sp³-hybridized carbons (Fsp3) is 0.556. The Morgan fingerprint density at radius 1 is 1.15 bits per heavy atom. The molecule has 27 heavy (non-hydrogen) atoms. The van der Waals surface area contributed by atoms with E-state index in [-0.39, 0.29) is 12.4 Å². The normalized spacial score (nSPS) is 16.0. The minimum Gasteiger partial charge on any atom is -0.339 e. The van der Waals surface area contributed by atoms with Gasteiger partial charge in [-0.05, 0) is 43.4 Å². The van der Waals surface area contributed by atoms with Crippen LogP contribution in [0.2, 0.25) is 0 Å². The first-order valence-corrected chi connectivity index (χ1v) is 10.5. The molecule has 3 rings (SSSR count). The summed E-state index contributed by atoms with van der Waals surface area (Å²) in [7, 11) is -3.42. The van der Waals surface area contributed by atoms with Crippen molar-refractivity contribution >= 4 is 22.4 Å². The number of halogens is 1. The second-order valence-electron chi connectivity index (χ2n) is 6.75. The molecule has 7 nitrogen and oxygen atoms in total. The highest BCUT2D eigenvalue weighted by molar-refractivity contribution is 7.89. The quantitative estimate of drug-likeness (QED) is 0.712. The Balaban J connectivity index is 0.00000261. The number of benzene rings is 1. The van der Waals surface area contributed by atoms with Crippen LogP contribution >= 0.6 is 12.4 Å². The van der Waals surface area contributed by atoms with Crippen molar-refractivity contribution in [3.05, 3.63) is 41.5 Å². The zero-order valence-corrected chi connectivity index (χ0v) is 17.4. The van der Waals surface area contributed by atoms with Crippen molar-refractivity contribution < 1.29 is 12.9 Å². The lowest BCUT2D eigenvalue weighted by molar-refractivity contribution is 0.229. The molecule has 0 spiro atoms. The molecule has 9 heteroatoms. The first kappa shape index (κ1) is 21.8. The average molecular weight is 415 g/mol. The molecule has 0 radical (unpaired) electrons. The minimum absolute atomic E-state index is 0. The molecule has 1 aliphatic rings. The Morgan fingerprint density at radius 3 is 2.30 bits per heavy atom. The highest BCUT2D eigenvalue weighted by atomic mass is 35.5. The Morgan fingerprint density at radius 2 is 1.78 bits per heavy atom. The summed E-state index contributed by atoms with van der Waals surface area (Å²) in [5, 5.41) is 4.01. The number of aromatic nitrogens is 2. The monoisotopic (exact) mass is 414 g/mol. The predicted octanol–water partition coefficient (Wildman–Crippen LogP) is 2.65. The van der Waals surface area contributed by atoms with Crippen molar-refractivity contribution in [2.45, 2.75) is 56.4 Å². The fourth-order valence-electron chi connectivity index (χ4n) is 3.13. The largest absolute Gasteiger partial charge is 0.339 e. The number of aryl methyl sites for hydroxylation is 2. The lowest BCUT2D eigenvalue weighted by Crippen LogP contribution is -2.44. The molecular formula is C18H27ClN4O3S. The standard InChI is InChI=1S/C18H26N4O3S.ClH/c1-3-22(4-2)26(23,24)15-9-6-14(7-10-15)8-11-16-20-17(21-25-16)18(19)12-5-13-18;/h6-7,9-10H,3-5,8,11-13,19H2,1-2H3;1H.